The Bertz CT molecular complexity index is 1210. The number of hydrogen-bond acceptors (Lipinski definition) is 7. The number of fused-ring (bicyclic) bond motifs is 1. The molecule has 0 saturated heterocycles. The molecule has 4 aromatic rings. The highest BCUT2D eigenvalue weighted by atomic mass is 32.2. The van der Waals surface area contributed by atoms with Gasteiger partial charge in [-0.25, -0.2) is 4.98 Å². The summed E-state index contributed by atoms with van der Waals surface area (Å²) in [5.41, 5.74) is 1.78. The van der Waals surface area contributed by atoms with E-state index in [1.165, 1.54) is 27.8 Å². The lowest BCUT2D eigenvalue weighted by molar-refractivity contribution is -0.116. The maximum atomic E-state index is 12.5. The number of aryl methyl sites for hydroxylation is 2. The highest BCUT2D eigenvalue weighted by molar-refractivity contribution is 8.01. The fourth-order valence-corrected chi connectivity index (χ4v) is 4.72. The van der Waals surface area contributed by atoms with Crippen LogP contribution in [0.25, 0.3) is 10.9 Å². The predicted molar refractivity (Wildman–Crippen MR) is 120 cm³/mol. The van der Waals surface area contributed by atoms with Crippen LogP contribution >= 0.6 is 23.1 Å². The minimum Gasteiger partial charge on any atom is -0.300 e. The average Bonchev–Trinajstić information content (AvgIpc) is 3.21. The summed E-state index contributed by atoms with van der Waals surface area (Å²) in [5, 5.41) is 11.9. The number of carbonyl (C=O) groups is 1. The van der Waals surface area contributed by atoms with Gasteiger partial charge in [0.05, 0.1) is 17.2 Å². The van der Waals surface area contributed by atoms with Crippen molar-refractivity contribution >= 4 is 45.0 Å². The van der Waals surface area contributed by atoms with Gasteiger partial charge in [-0.1, -0.05) is 65.6 Å². The number of nitrogens with zero attached hydrogens (tertiary/aromatic N) is 4. The van der Waals surface area contributed by atoms with E-state index < -0.39 is 0 Å². The fraction of sp³-hybridized carbons (Fsp3) is 0.190. The van der Waals surface area contributed by atoms with Crippen molar-refractivity contribution in [1.82, 2.24) is 19.7 Å². The van der Waals surface area contributed by atoms with Gasteiger partial charge in [-0.15, -0.1) is 10.2 Å². The van der Waals surface area contributed by atoms with Crippen LogP contribution in [0.3, 0.4) is 0 Å². The first-order valence-corrected chi connectivity index (χ1v) is 11.2. The third-order valence-electron chi connectivity index (χ3n) is 4.42. The first-order chi connectivity index (χ1) is 14.7. The Morgan fingerprint density at radius 1 is 1.07 bits per heavy atom. The standard InChI is InChI=1S/C21H19N5O2S2/c27-18(10-12-26-14-22-17-9-5-4-8-16(17)19(26)28)23-20-24-25-21(30-20)29-13-11-15-6-2-1-3-7-15/h1-9,14H,10-13H2,(H,23,24,27). The first-order valence-electron chi connectivity index (χ1n) is 9.43. The van der Waals surface area contributed by atoms with E-state index in [0.717, 1.165) is 16.5 Å². The molecule has 0 fully saturated rings. The Morgan fingerprint density at radius 3 is 2.73 bits per heavy atom. The van der Waals surface area contributed by atoms with Crippen LogP contribution in [0.4, 0.5) is 5.13 Å². The topological polar surface area (TPSA) is 89.8 Å². The smallest absolute Gasteiger partial charge is 0.261 e. The van der Waals surface area contributed by atoms with Crippen molar-refractivity contribution in [2.24, 2.45) is 0 Å². The van der Waals surface area contributed by atoms with Crippen LogP contribution in [-0.4, -0.2) is 31.4 Å². The lowest BCUT2D eigenvalue weighted by Gasteiger charge is -2.06. The Balaban J connectivity index is 1.27. The fourth-order valence-electron chi connectivity index (χ4n) is 2.89. The Morgan fingerprint density at radius 2 is 1.87 bits per heavy atom. The van der Waals surface area contributed by atoms with Crippen molar-refractivity contribution < 1.29 is 4.79 Å². The van der Waals surface area contributed by atoms with Crippen molar-refractivity contribution in [2.45, 2.75) is 23.7 Å². The van der Waals surface area contributed by atoms with Gasteiger partial charge < -0.3 is 5.32 Å². The molecule has 30 heavy (non-hydrogen) atoms. The average molecular weight is 438 g/mol. The highest BCUT2D eigenvalue weighted by Crippen LogP contribution is 2.26. The van der Waals surface area contributed by atoms with Gasteiger partial charge in [-0.05, 0) is 24.1 Å². The van der Waals surface area contributed by atoms with Gasteiger partial charge >= 0.3 is 0 Å². The monoisotopic (exact) mass is 437 g/mol. The third kappa shape index (κ3) is 5.11. The molecule has 152 valence electrons. The Labute approximate surface area is 181 Å². The molecule has 0 radical (unpaired) electrons. The number of rotatable bonds is 8. The number of amides is 1. The molecule has 0 atom stereocenters. The molecule has 0 aliphatic heterocycles. The minimum atomic E-state index is -0.216. The van der Waals surface area contributed by atoms with Crippen LogP contribution < -0.4 is 10.9 Å². The zero-order valence-electron chi connectivity index (χ0n) is 16.0. The highest BCUT2D eigenvalue weighted by Gasteiger charge is 2.10. The quantitative estimate of drug-likeness (QED) is 0.335. The van der Waals surface area contributed by atoms with Gasteiger partial charge in [0.15, 0.2) is 4.34 Å². The predicted octanol–water partition coefficient (Wildman–Crippen LogP) is 3.61. The van der Waals surface area contributed by atoms with Crippen molar-refractivity contribution in [3.8, 4) is 0 Å². The van der Waals surface area contributed by atoms with E-state index >= 15 is 0 Å². The zero-order chi connectivity index (χ0) is 20.8. The number of thioether (sulfide) groups is 1. The largest absolute Gasteiger partial charge is 0.300 e. The molecule has 0 aliphatic rings. The molecule has 2 aromatic heterocycles. The van der Waals surface area contributed by atoms with Crippen molar-refractivity contribution in [2.75, 3.05) is 11.1 Å². The summed E-state index contributed by atoms with van der Waals surface area (Å²) in [6.07, 6.45) is 2.57. The van der Waals surface area contributed by atoms with E-state index in [-0.39, 0.29) is 24.4 Å². The second-order valence-corrected chi connectivity index (χ2v) is 8.84. The minimum absolute atomic E-state index is 0.149. The van der Waals surface area contributed by atoms with E-state index in [1.807, 2.05) is 24.3 Å². The van der Waals surface area contributed by atoms with Crippen molar-refractivity contribution in [1.29, 1.82) is 0 Å². The molecule has 1 amide bonds. The van der Waals surface area contributed by atoms with Crippen molar-refractivity contribution in [3.63, 3.8) is 0 Å². The number of benzene rings is 2. The van der Waals surface area contributed by atoms with Crippen LogP contribution in [0.15, 0.2) is 70.1 Å². The number of para-hydroxylation sites is 1. The molecular formula is C21H19N5O2S2. The molecule has 0 unspecified atom stereocenters. The summed E-state index contributed by atoms with van der Waals surface area (Å²) in [5.74, 6) is 0.678. The molecule has 2 heterocycles. The normalized spacial score (nSPS) is 10.9. The maximum absolute atomic E-state index is 12.5. The summed E-state index contributed by atoms with van der Waals surface area (Å²) in [4.78, 5) is 29.0. The van der Waals surface area contributed by atoms with E-state index in [2.05, 4.69) is 32.6 Å². The summed E-state index contributed by atoms with van der Waals surface area (Å²) in [6.45, 7) is 0.250. The summed E-state index contributed by atoms with van der Waals surface area (Å²) in [6, 6.07) is 17.4. The van der Waals surface area contributed by atoms with E-state index in [9.17, 15) is 9.59 Å². The molecule has 0 spiro atoms. The van der Waals surface area contributed by atoms with Crippen LogP contribution in [0.2, 0.25) is 0 Å². The molecule has 0 saturated carbocycles. The lowest BCUT2D eigenvalue weighted by Crippen LogP contribution is -2.23. The van der Waals surface area contributed by atoms with Gasteiger partial charge in [0.2, 0.25) is 11.0 Å². The Kier molecular flexibility index (Phi) is 6.50. The molecule has 9 heteroatoms. The number of aromatic nitrogens is 4. The van der Waals surface area contributed by atoms with E-state index in [4.69, 9.17) is 0 Å². The maximum Gasteiger partial charge on any atom is 0.261 e. The van der Waals surface area contributed by atoms with Gasteiger partial charge in [0, 0.05) is 18.7 Å². The van der Waals surface area contributed by atoms with E-state index in [1.54, 1.807) is 30.0 Å². The molecule has 7 nitrogen and oxygen atoms in total. The van der Waals surface area contributed by atoms with Crippen LogP contribution in [0.1, 0.15) is 12.0 Å². The zero-order valence-corrected chi connectivity index (χ0v) is 17.7. The van der Waals surface area contributed by atoms with Gasteiger partial charge in [0.25, 0.3) is 5.56 Å². The van der Waals surface area contributed by atoms with Crippen LogP contribution in [-0.2, 0) is 17.8 Å². The second kappa shape index (κ2) is 9.64. The van der Waals surface area contributed by atoms with Crippen LogP contribution in [0, 0.1) is 0 Å². The number of anilines is 1. The van der Waals surface area contributed by atoms with Gasteiger partial charge in [0.1, 0.15) is 0 Å². The summed E-state index contributed by atoms with van der Waals surface area (Å²) >= 11 is 2.97. The SMILES string of the molecule is O=C(CCn1cnc2ccccc2c1=O)Nc1nnc(SCCc2ccccc2)s1. The third-order valence-corrected chi connectivity index (χ3v) is 6.40. The van der Waals surface area contributed by atoms with Gasteiger partial charge in [-0.3, -0.25) is 14.2 Å². The number of nitrogens with one attached hydrogen (secondary N) is 1. The van der Waals surface area contributed by atoms with E-state index in [0.29, 0.717) is 16.0 Å². The Hall–Kier alpha value is -3.04. The molecular weight excluding hydrogens is 418 g/mol. The lowest BCUT2D eigenvalue weighted by atomic mass is 10.2. The molecule has 0 aliphatic carbocycles. The van der Waals surface area contributed by atoms with Crippen molar-refractivity contribution in [3.05, 3.63) is 76.8 Å². The first kappa shape index (κ1) is 20.2. The molecule has 1 N–H and O–H groups in total. The van der Waals surface area contributed by atoms with Gasteiger partial charge in [-0.2, -0.15) is 0 Å². The molecule has 2 aromatic carbocycles. The van der Waals surface area contributed by atoms with Crippen LogP contribution in [0.5, 0.6) is 0 Å². The summed E-state index contributed by atoms with van der Waals surface area (Å²) < 4.78 is 2.27. The second-order valence-electron chi connectivity index (χ2n) is 6.52. The summed E-state index contributed by atoms with van der Waals surface area (Å²) in [7, 11) is 0. The number of carbonyl (C=O) groups excluding carboxylic acids is 1. The molecule has 0 bridgehead atoms. The number of hydrogen-bond donors (Lipinski definition) is 1. The molecule has 4 rings (SSSR count).